The van der Waals surface area contributed by atoms with Gasteiger partial charge in [0.05, 0.1) is 0 Å². The summed E-state index contributed by atoms with van der Waals surface area (Å²) in [4.78, 5) is 2.59. The van der Waals surface area contributed by atoms with E-state index in [0.29, 0.717) is 12.1 Å². The lowest BCUT2D eigenvalue weighted by Gasteiger charge is -2.41. The van der Waals surface area contributed by atoms with Crippen molar-refractivity contribution < 1.29 is 0 Å². The molecule has 1 N–H and O–H groups in total. The summed E-state index contributed by atoms with van der Waals surface area (Å²) in [7, 11) is 0. The van der Waals surface area contributed by atoms with Crippen molar-refractivity contribution in [3.63, 3.8) is 0 Å². The predicted octanol–water partition coefficient (Wildman–Crippen LogP) is 3.42. The van der Waals surface area contributed by atoms with Crippen molar-refractivity contribution in [1.29, 1.82) is 0 Å². The second kappa shape index (κ2) is 5.22. The number of fused-ring (bicyclic) bond motifs is 1. The Morgan fingerprint density at radius 2 is 1.95 bits per heavy atom. The Bertz CT molecular complexity index is 559. The monoisotopic (exact) mass is 254 g/mol. The van der Waals surface area contributed by atoms with Crippen molar-refractivity contribution in [1.82, 2.24) is 5.32 Å². The molecule has 0 aromatic heterocycles. The lowest BCUT2D eigenvalue weighted by atomic mass is 10.0. The summed E-state index contributed by atoms with van der Waals surface area (Å²) in [6, 6.07) is 16.5. The highest BCUT2D eigenvalue weighted by atomic mass is 15.2. The van der Waals surface area contributed by atoms with E-state index in [1.54, 1.807) is 0 Å². The van der Waals surface area contributed by atoms with E-state index in [-0.39, 0.29) is 0 Å². The first-order valence-corrected chi connectivity index (χ1v) is 7.27. The molecule has 1 aliphatic heterocycles. The Hall–Kier alpha value is -1.54. The minimum Gasteiger partial charge on any atom is -0.365 e. The molecule has 3 rings (SSSR count). The molecule has 0 spiro atoms. The maximum atomic E-state index is 3.59. The molecule has 1 fully saturated rings. The van der Waals surface area contributed by atoms with Crippen molar-refractivity contribution in [2.75, 3.05) is 18.0 Å². The topological polar surface area (TPSA) is 15.3 Å². The van der Waals surface area contributed by atoms with Crippen LogP contribution in [0.4, 0.5) is 5.69 Å². The summed E-state index contributed by atoms with van der Waals surface area (Å²) in [5.74, 6) is 0. The van der Waals surface area contributed by atoms with Crippen LogP contribution in [0.25, 0.3) is 10.8 Å². The van der Waals surface area contributed by atoms with Crippen LogP contribution in [0, 0.1) is 0 Å². The number of nitrogens with zero attached hydrogens (tertiary/aromatic N) is 1. The Kier molecular flexibility index (Phi) is 3.43. The normalized spacial score (nSPS) is 23.8. The standard InChI is InChI=1S/C17H22N2/c1-3-15-11-18-13(2)12-19(15)17-10-6-8-14-7-4-5-9-16(14)17/h4-10,13,15,18H,3,11-12H2,1-2H3. The minimum absolute atomic E-state index is 0.557. The Morgan fingerprint density at radius 3 is 2.79 bits per heavy atom. The molecule has 2 atom stereocenters. The van der Waals surface area contributed by atoms with Crippen molar-refractivity contribution in [2.24, 2.45) is 0 Å². The molecule has 100 valence electrons. The fourth-order valence-electron chi connectivity index (χ4n) is 3.07. The van der Waals surface area contributed by atoms with Gasteiger partial charge in [0.25, 0.3) is 0 Å². The fourth-order valence-corrected chi connectivity index (χ4v) is 3.07. The number of anilines is 1. The van der Waals surface area contributed by atoms with Gasteiger partial charge in [0, 0.05) is 36.2 Å². The molecule has 0 bridgehead atoms. The van der Waals surface area contributed by atoms with Gasteiger partial charge in [-0.15, -0.1) is 0 Å². The van der Waals surface area contributed by atoms with Gasteiger partial charge in [-0.1, -0.05) is 43.3 Å². The van der Waals surface area contributed by atoms with Gasteiger partial charge in [-0.2, -0.15) is 0 Å². The van der Waals surface area contributed by atoms with Crippen molar-refractivity contribution in [2.45, 2.75) is 32.4 Å². The molecule has 0 aliphatic carbocycles. The highest BCUT2D eigenvalue weighted by molar-refractivity contribution is 5.94. The van der Waals surface area contributed by atoms with E-state index in [9.17, 15) is 0 Å². The van der Waals surface area contributed by atoms with Crippen molar-refractivity contribution >= 4 is 16.5 Å². The maximum absolute atomic E-state index is 3.59. The first kappa shape index (κ1) is 12.5. The van der Waals surface area contributed by atoms with Crippen LogP contribution < -0.4 is 10.2 Å². The average Bonchev–Trinajstić information content (AvgIpc) is 2.46. The molecule has 2 unspecified atom stereocenters. The van der Waals surface area contributed by atoms with Gasteiger partial charge in [-0.05, 0) is 24.8 Å². The summed E-state index contributed by atoms with van der Waals surface area (Å²) >= 11 is 0. The number of hydrogen-bond acceptors (Lipinski definition) is 2. The van der Waals surface area contributed by atoms with E-state index in [4.69, 9.17) is 0 Å². The molecule has 0 amide bonds. The smallest absolute Gasteiger partial charge is 0.0449 e. The number of piperazine rings is 1. The fraction of sp³-hybridized carbons (Fsp3) is 0.412. The van der Waals surface area contributed by atoms with Crippen LogP contribution in [0.15, 0.2) is 42.5 Å². The molecule has 1 heterocycles. The summed E-state index contributed by atoms with van der Waals surface area (Å²) in [6.07, 6.45) is 1.18. The predicted molar refractivity (Wildman–Crippen MR) is 82.8 cm³/mol. The van der Waals surface area contributed by atoms with Gasteiger partial charge in [-0.25, -0.2) is 0 Å². The molecule has 1 saturated heterocycles. The Balaban J connectivity index is 2.06. The van der Waals surface area contributed by atoms with Crippen molar-refractivity contribution in [3.05, 3.63) is 42.5 Å². The van der Waals surface area contributed by atoms with Gasteiger partial charge < -0.3 is 10.2 Å². The second-order valence-electron chi connectivity index (χ2n) is 5.52. The molecular formula is C17H22N2. The van der Waals surface area contributed by atoms with E-state index in [1.165, 1.54) is 22.9 Å². The zero-order valence-electron chi connectivity index (χ0n) is 11.8. The highest BCUT2D eigenvalue weighted by Crippen LogP contribution is 2.29. The van der Waals surface area contributed by atoms with Crippen molar-refractivity contribution in [3.8, 4) is 0 Å². The van der Waals surface area contributed by atoms with Crippen LogP contribution in [0.1, 0.15) is 20.3 Å². The quantitative estimate of drug-likeness (QED) is 0.883. The van der Waals surface area contributed by atoms with E-state index in [0.717, 1.165) is 13.1 Å². The van der Waals surface area contributed by atoms with Crippen LogP contribution in [0.2, 0.25) is 0 Å². The number of benzene rings is 2. The lowest BCUT2D eigenvalue weighted by Crippen LogP contribution is -2.55. The zero-order valence-corrected chi connectivity index (χ0v) is 11.8. The van der Waals surface area contributed by atoms with E-state index in [2.05, 4.69) is 66.5 Å². The van der Waals surface area contributed by atoms with Gasteiger partial charge in [0.15, 0.2) is 0 Å². The number of hydrogen-bond donors (Lipinski definition) is 1. The van der Waals surface area contributed by atoms with Crippen LogP contribution in [-0.4, -0.2) is 25.2 Å². The molecule has 2 nitrogen and oxygen atoms in total. The SMILES string of the molecule is CCC1CNC(C)CN1c1cccc2ccccc12. The molecule has 0 radical (unpaired) electrons. The molecule has 0 saturated carbocycles. The third-order valence-corrected chi connectivity index (χ3v) is 4.16. The lowest BCUT2D eigenvalue weighted by molar-refractivity contribution is 0.403. The van der Waals surface area contributed by atoms with Gasteiger partial charge in [0.2, 0.25) is 0 Å². The van der Waals surface area contributed by atoms with E-state index in [1.807, 2.05) is 0 Å². The van der Waals surface area contributed by atoms with E-state index < -0.39 is 0 Å². The van der Waals surface area contributed by atoms with Crippen LogP contribution in [0.3, 0.4) is 0 Å². The third kappa shape index (κ3) is 2.33. The molecule has 1 aliphatic rings. The van der Waals surface area contributed by atoms with Gasteiger partial charge >= 0.3 is 0 Å². The van der Waals surface area contributed by atoms with Gasteiger partial charge in [0.1, 0.15) is 0 Å². The summed E-state index contributed by atoms with van der Waals surface area (Å²) in [6.45, 7) is 6.72. The zero-order chi connectivity index (χ0) is 13.2. The van der Waals surface area contributed by atoms with E-state index >= 15 is 0 Å². The van der Waals surface area contributed by atoms with Crippen LogP contribution in [0.5, 0.6) is 0 Å². The van der Waals surface area contributed by atoms with Crippen LogP contribution >= 0.6 is 0 Å². The Labute approximate surface area is 115 Å². The third-order valence-electron chi connectivity index (χ3n) is 4.16. The highest BCUT2D eigenvalue weighted by Gasteiger charge is 2.25. The Morgan fingerprint density at radius 1 is 1.16 bits per heavy atom. The first-order chi connectivity index (χ1) is 9.29. The summed E-state index contributed by atoms with van der Waals surface area (Å²) in [5, 5.41) is 6.30. The first-order valence-electron chi connectivity index (χ1n) is 7.27. The van der Waals surface area contributed by atoms with Gasteiger partial charge in [-0.3, -0.25) is 0 Å². The molecule has 2 aromatic carbocycles. The summed E-state index contributed by atoms with van der Waals surface area (Å²) < 4.78 is 0. The molecular weight excluding hydrogens is 232 g/mol. The summed E-state index contributed by atoms with van der Waals surface area (Å²) in [5.41, 5.74) is 1.39. The minimum atomic E-state index is 0.557. The molecule has 2 heteroatoms. The maximum Gasteiger partial charge on any atom is 0.0449 e. The second-order valence-corrected chi connectivity index (χ2v) is 5.52. The largest absolute Gasteiger partial charge is 0.365 e. The average molecular weight is 254 g/mol. The number of nitrogens with one attached hydrogen (secondary N) is 1. The number of rotatable bonds is 2. The molecule has 19 heavy (non-hydrogen) atoms. The van der Waals surface area contributed by atoms with Crippen LogP contribution in [-0.2, 0) is 0 Å². The molecule has 2 aromatic rings.